The molecule has 0 spiro atoms. The molecule has 2 heterocycles. The predicted octanol–water partition coefficient (Wildman–Crippen LogP) is 8.33. The normalized spacial score (nSPS) is 13.2. The zero-order valence-electron chi connectivity index (χ0n) is 20.7. The molecular weight excluding hydrogens is 442 g/mol. The van der Waals surface area contributed by atoms with Gasteiger partial charge in [-0.05, 0) is 80.0 Å². The van der Waals surface area contributed by atoms with E-state index in [2.05, 4.69) is 83.1 Å². The van der Waals surface area contributed by atoms with Crippen molar-refractivity contribution in [2.75, 3.05) is 0 Å². The van der Waals surface area contributed by atoms with Crippen LogP contribution in [0.25, 0.3) is 22.3 Å². The van der Waals surface area contributed by atoms with Crippen LogP contribution in [0.15, 0.2) is 91.3 Å². The molecule has 0 radical (unpaired) electrons. The first kappa shape index (κ1) is 22.4. The summed E-state index contributed by atoms with van der Waals surface area (Å²) in [4.78, 5) is 11.5. The number of H-pyrrole nitrogens is 2. The van der Waals surface area contributed by atoms with E-state index in [1.807, 2.05) is 24.5 Å². The van der Waals surface area contributed by atoms with Crippen LogP contribution in [0, 0.1) is 0 Å². The van der Waals surface area contributed by atoms with E-state index in [1.54, 1.807) is 0 Å². The van der Waals surface area contributed by atoms with Crippen molar-refractivity contribution in [3.05, 3.63) is 114 Å². The molecule has 36 heavy (non-hydrogen) atoms. The summed E-state index contributed by atoms with van der Waals surface area (Å²) in [5, 5.41) is 1.27. The maximum absolute atomic E-state index is 6.44. The molecule has 1 fully saturated rings. The number of aromatic amines is 2. The Kier molecular flexibility index (Phi) is 5.94. The van der Waals surface area contributed by atoms with Crippen molar-refractivity contribution in [1.82, 2.24) is 15.0 Å². The van der Waals surface area contributed by atoms with E-state index in [4.69, 9.17) is 4.74 Å². The molecule has 6 rings (SSSR count). The fraction of sp³-hybridized carbons (Fsp3) is 0.219. The van der Waals surface area contributed by atoms with Crippen LogP contribution in [-0.2, 0) is 12.8 Å². The average molecular weight is 474 g/mol. The SMILES string of the molecule is C=C(C)CCc1cccc(Cc2cnc(-c3cccc(Oc4ccc5[nH]ccc5c4C4CC4)c3)[nH]2)c1. The standard InChI is InChI=1S/C32H31N3O/c1-21(2)9-10-22-5-3-6-23(17-22)18-26-20-34-32(35-26)25-7-4-8-27(19-25)36-30-14-13-29-28(15-16-33-29)31(30)24-11-12-24/h3-8,13-17,19-20,24,33H,1,9-12,18H2,2H3,(H,34,35). The number of aryl methyl sites for hydroxylation is 1. The van der Waals surface area contributed by atoms with Crippen molar-refractivity contribution in [2.45, 2.75) is 44.9 Å². The van der Waals surface area contributed by atoms with E-state index in [9.17, 15) is 0 Å². The van der Waals surface area contributed by atoms with Gasteiger partial charge in [0.25, 0.3) is 0 Å². The number of aromatic nitrogens is 3. The van der Waals surface area contributed by atoms with Crippen molar-refractivity contribution >= 4 is 10.9 Å². The first-order valence-corrected chi connectivity index (χ1v) is 12.8. The van der Waals surface area contributed by atoms with Crippen molar-refractivity contribution in [3.63, 3.8) is 0 Å². The maximum atomic E-state index is 6.44. The summed E-state index contributed by atoms with van der Waals surface area (Å²) < 4.78 is 6.44. The minimum atomic E-state index is 0.592. The van der Waals surface area contributed by atoms with E-state index in [0.29, 0.717) is 5.92 Å². The Hall–Kier alpha value is -4.05. The molecule has 0 unspecified atom stereocenters. The number of imidazole rings is 1. The maximum Gasteiger partial charge on any atom is 0.137 e. The molecule has 2 N–H and O–H groups in total. The molecule has 0 bridgehead atoms. The molecule has 2 aromatic heterocycles. The zero-order valence-corrected chi connectivity index (χ0v) is 20.7. The smallest absolute Gasteiger partial charge is 0.137 e. The van der Waals surface area contributed by atoms with Gasteiger partial charge in [-0.1, -0.05) is 42.0 Å². The summed E-state index contributed by atoms with van der Waals surface area (Å²) in [5.41, 5.74) is 8.47. The lowest BCUT2D eigenvalue weighted by Crippen LogP contribution is -1.93. The summed E-state index contributed by atoms with van der Waals surface area (Å²) >= 11 is 0. The first-order valence-electron chi connectivity index (χ1n) is 12.8. The average Bonchev–Trinajstić information content (AvgIpc) is 3.41. The summed E-state index contributed by atoms with van der Waals surface area (Å²) in [6, 6.07) is 23.3. The quantitative estimate of drug-likeness (QED) is 0.211. The number of fused-ring (bicyclic) bond motifs is 1. The number of nitrogens with one attached hydrogen (secondary N) is 2. The summed E-state index contributed by atoms with van der Waals surface area (Å²) in [6.45, 7) is 6.11. The highest BCUT2D eigenvalue weighted by Crippen LogP contribution is 2.48. The van der Waals surface area contributed by atoms with Crippen LogP contribution in [-0.4, -0.2) is 15.0 Å². The van der Waals surface area contributed by atoms with Gasteiger partial charge in [-0.3, -0.25) is 0 Å². The first-order chi connectivity index (χ1) is 17.6. The van der Waals surface area contributed by atoms with Gasteiger partial charge in [0.15, 0.2) is 0 Å². The van der Waals surface area contributed by atoms with Gasteiger partial charge in [-0.25, -0.2) is 4.98 Å². The summed E-state index contributed by atoms with van der Waals surface area (Å²) in [6.07, 6.45) is 9.29. The highest BCUT2D eigenvalue weighted by Gasteiger charge is 2.29. The Morgan fingerprint density at radius 3 is 2.75 bits per heavy atom. The Bertz CT molecular complexity index is 1540. The molecule has 0 aliphatic heterocycles. The zero-order chi connectivity index (χ0) is 24.5. The molecule has 0 saturated heterocycles. The number of rotatable bonds is 9. The molecule has 4 nitrogen and oxygen atoms in total. The number of allylic oxidation sites excluding steroid dienone is 1. The Balaban J connectivity index is 1.20. The highest BCUT2D eigenvalue weighted by atomic mass is 16.5. The number of hydrogen-bond acceptors (Lipinski definition) is 2. The largest absolute Gasteiger partial charge is 0.457 e. The fourth-order valence-electron chi connectivity index (χ4n) is 4.92. The third-order valence-electron chi connectivity index (χ3n) is 6.91. The van der Waals surface area contributed by atoms with Crippen LogP contribution in [0.1, 0.15) is 54.5 Å². The van der Waals surface area contributed by atoms with Crippen molar-refractivity contribution in [3.8, 4) is 22.9 Å². The Labute approximate surface area is 212 Å². The molecule has 180 valence electrons. The number of hydrogen-bond donors (Lipinski definition) is 2. The number of benzene rings is 3. The molecule has 5 aromatic rings. The molecule has 0 atom stereocenters. The molecule has 4 heteroatoms. The van der Waals surface area contributed by atoms with Crippen LogP contribution < -0.4 is 4.74 Å². The molecular formula is C32H31N3O. The third-order valence-corrected chi connectivity index (χ3v) is 6.91. The van der Waals surface area contributed by atoms with Crippen molar-refractivity contribution < 1.29 is 4.74 Å². The van der Waals surface area contributed by atoms with Gasteiger partial charge in [-0.15, -0.1) is 6.58 Å². The predicted molar refractivity (Wildman–Crippen MR) is 147 cm³/mol. The third kappa shape index (κ3) is 4.85. The highest BCUT2D eigenvalue weighted by molar-refractivity contribution is 5.86. The van der Waals surface area contributed by atoms with Gasteiger partial charge in [0.2, 0.25) is 0 Å². The van der Waals surface area contributed by atoms with Gasteiger partial charge in [-0.2, -0.15) is 0 Å². The van der Waals surface area contributed by atoms with Gasteiger partial charge in [0.1, 0.15) is 17.3 Å². The molecule has 1 saturated carbocycles. The minimum absolute atomic E-state index is 0.592. The number of nitrogens with zero attached hydrogens (tertiary/aromatic N) is 1. The molecule has 1 aliphatic carbocycles. The van der Waals surface area contributed by atoms with Gasteiger partial charge < -0.3 is 14.7 Å². The van der Waals surface area contributed by atoms with E-state index >= 15 is 0 Å². The summed E-state index contributed by atoms with van der Waals surface area (Å²) in [7, 11) is 0. The van der Waals surface area contributed by atoms with Crippen LogP contribution in [0.2, 0.25) is 0 Å². The van der Waals surface area contributed by atoms with E-state index in [0.717, 1.165) is 47.8 Å². The van der Waals surface area contributed by atoms with Crippen LogP contribution in [0.4, 0.5) is 0 Å². The Morgan fingerprint density at radius 1 is 1.03 bits per heavy atom. The lowest BCUT2D eigenvalue weighted by molar-refractivity contribution is 0.477. The van der Waals surface area contributed by atoms with Gasteiger partial charge >= 0.3 is 0 Å². The Morgan fingerprint density at radius 2 is 1.89 bits per heavy atom. The summed E-state index contributed by atoms with van der Waals surface area (Å²) in [5.74, 6) is 3.23. The van der Waals surface area contributed by atoms with E-state index < -0.39 is 0 Å². The van der Waals surface area contributed by atoms with E-state index in [-0.39, 0.29) is 0 Å². The second-order valence-electron chi connectivity index (χ2n) is 10.0. The second-order valence-corrected chi connectivity index (χ2v) is 10.0. The second kappa shape index (κ2) is 9.54. The lowest BCUT2D eigenvalue weighted by atomic mass is 10.0. The molecule has 1 aliphatic rings. The number of ether oxygens (including phenoxy) is 1. The molecule has 0 amide bonds. The van der Waals surface area contributed by atoms with Crippen LogP contribution >= 0.6 is 0 Å². The van der Waals surface area contributed by atoms with Gasteiger partial charge in [0, 0.05) is 46.5 Å². The molecule has 3 aromatic carbocycles. The lowest BCUT2D eigenvalue weighted by Gasteiger charge is -2.13. The van der Waals surface area contributed by atoms with Gasteiger partial charge in [0.05, 0.1) is 0 Å². The van der Waals surface area contributed by atoms with Crippen LogP contribution in [0.5, 0.6) is 11.5 Å². The van der Waals surface area contributed by atoms with Crippen molar-refractivity contribution in [1.29, 1.82) is 0 Å². The van der Waals surface area contributed by atoms with E-state index in [1.165, 1.54) is 46.0 Å². The minimum Gasteiger partial charge on any atom is -0.457 e. The van der Waals surface area contributed by atoms with Crippen LogP contribution in [0.3, 0.4) is 0 Å². The van der Waals surface area contributed by atoms with Crippen molar-refractivity contribution in [2.24, 2.45) is 0 Å². The fourth-order valence-corrected chi connectivity index (χ4v) is 4.92. The topological polar surface area (TPSA) is 53.7 Å². The monoisotopic (exact) mass is 473 g/mol.